The van der Waals surface area contributed by atoms with Crippen molar-refractivity contribution < 1.29 is 14.4 Å². The lowest BCUT2D eigenvalue weighted by Crippen LogP contribution is -2.40. The molecule has 2 fully saturated rings. The van der Waals surface area contributed by atoms with Gasteiger partial charge in [-0.2, -0.15) is 20.7 Å². The molecule has 6 heterocycles. The Kier molecular flexibility index (Phi) is 14.5. The first kappa shape index (κ1) is 45.8. The molecular weight excluding hydrogens is 819 g/mol. The maximum absolute atomic E-state index is 13.2. The fourth-order valence-electron chi connectivity index (χ4n) is 8.63. The number of nitrogens with zero attached hydrogens (tertiary/aromatic N) is 8. The molecule has 336 valence electrons. The standard InChI is InChI=1S/C26H30N6O2.C23H27N7O/c1-16(2)30-23-12-24(25-9-8-21-11-19(13-27)14-29-32(21)25)28-15-22(23)26(34)31-20-6-4-18(5-7-20)10-17(3)33;1-14(2)28-20-10-21(22-8-7-18-9-15(11-24)12-27-30(18)22)26-13-19(20)23(31)29-17-5-3-16(25)4-6-17/h8-9,11-12,14-16,18,20H,4-7,10H2,1-3H3,(H,28,30)(H,31,34);7-10,12-14,16-17H,3-6,25H2,1-2H3,(H,26,28)(H,29,31). The van der Waals surface area contributed by atoms with Gasteiger partial charge in [-0.3, -0.25) is 19.6 Å². The molecule has 6 aromatic rings. The van der Waals surface area contributed by atoms with Gasteiger partial charge in [0.1, 0.15) is 17.9 Å². The second-order valence-corrected chi connectivity index (χ2v) is 17.8. The van der Waals surface area contributed by atoms with Crippen molar-refractivity contribution in [2.45, 2.75) is 123 Å². The summed E-state index contributed by atoms with van der Waals surface area (Å²) in [5.74, 6) is 0.396. The van der Waals surface area contributed by atoms with E-state index in [1.165, 1.54) is 12.4 Å². The average Bonchev–Trinajstić information content (AvgIpc) is 3.91. The summed E-state index contributed by atoms with van der Waals surface area (Å²) >= 11 is 0. The van der Waals surface area contributed by atoms with Gasteiger partial charge in [-0.15, -0.1) is 0 Å². The maximum atomic E-state index is 13.2. The minimum atomic E-state index is -0.144. The van der Waals surface area contributed by atoms with Crippen molar-refractivity contribution >= 4 is 40.0 Å². The van der Waals surface area contributed by atoms with Gasteiger partial charge in [-0.25, -0.2) is 9.03 Å². The zero-order valence-electron chi connectivity index (χ0n) is 37.6. The smallest absolute Gasteiger partial charge is 0.255 e. The number of nitriles is 2. The summed E-state index contributed by atoms with van der Waals surface area (Å²) in [5.41, 5.74) is 14.0. The number of pyridine rings is 2. The van der Waals surface area contributed by atoms with Crippen molar-refractivity contribution in [3.8, 4) is 34.9 Å². The van der Waals surface area contributed by atoms with E-state index in [0.29, 0.717) is 51.7 Å². The number of hydrogen-bond donors (Lipinski definition) is 5. The molecule has 0 unspecified atom stereocenters. The molecule has 16 heteroatoms. The van der Waals surface area contributed by atoms with Gasteiger partial charge in [0.05, 0.1) is 79.8 Å². The van der Waals surface area contributed by atoms with Crippen LogP contribution in [-0.4, -0.2) is 77.0 Å². The van der Waals surface area contributed by atoms with Crippen LogP contribution < -0.4 is 27.0 Å². The van der Waals surface area contributed by atoms with E-state index in [-0.39, 0.29) is 47.8 Å². The van der Waals surface area contributed by atoms with Gasteiger partial charge in [0.2, 0.25) is 0 Å². The van der Waals surface area contributed by atoms with E-state index in [4.69, 9.17) is 16.3 Å². The molecule has 0 atom stereocenters. The Labute approximate surface area is 379 Å². The Bertz CT molecular complexity index is 2760. The Morgan fingerprint density at radius 2 is 1.09 bits per heavy atom. The van der Waals surface area contributed by atoms with Crippen LogP contribution in [0.3, 0.4) is 0 Å². The number of anilines is 2. The predicted molar refractivity (Wildman–Crippen MR) is 250 cm³/mol. The summed E-state index contributed by atoms with van der Waals surface area (Å²) in [6.07, 6.45) is 14.3. The summed E-state index contributed by atoms with van der Waals surface area (Å²) in [7, 11) is 0. The van der Waals surface area contributed by atoms with Crippen LogP contribution in [0.1, 0.15) is 124 Å². The van der Waals surface area contributed by atoms with Crippen LogP contribution in [0.15, 0.2) is 73.3 Å². The Morgan fingerprint density at radius 1 is 0.662 bits per heavy atom. The molecule has 2 amide bonds. The number of hydrogen-bond acceptors (Lipinski definition) is 12. The second kappa shape index (κ2) is 20.6. The topological polar surface area (TPSA) is 233 Å². The van der Waals surface area contributed by atoms with E-state index in [2.05, 4.69) is 53.6 Å². The first-order valence-corrected chi connectivity index (χ1v) is 22.4. The lowest BCUT2D eigenvalue weighted by atomic mass is 9.83. The molecule has 0 bridgehead atoms. The SMILES string of the molecule is CC(=O)CC1CCC(NC(=O)c2cnc(-c3ccc4cc(C#N)cnn34)cc2NC(C)C)CC1.CC(C)Nc1cc(-c2ccc3cc(C#N)cnn23)ncc1C(=O)NC1CCC(N)CC1. The largest absolute Gasteiger partial charge is 0.382 e. The molecule has 0 aromatic carbocycles. The van der Waals surface area contributed by atoms with Crippen LogP contribution in [0.25, 0.3) is 33.8 Å². The molecule has 65 heavy (non-hydrogen) atoms. The number of nitrogens with two attached hydrogens (primary N) is 1. The molecule has 0 aliphatic heterocycles. The number of aromatic nitrogens is 6. The normalized spacial score (nSPS) is 18.3. The van der Waals surface area contributed by atoms with Crippen molar-refractivity contribution in [1.29, 1.82) is 10.5 Å². The van der Waals surface area contributed by atoms with Crippen LogP contribution in [0.2, 0.25) is 0 Å². The van der Waals surface area contributed by atoms with Gasteiger partial charge < -0.3 is 31.8 Å². The highest BCUT2D eigenvalue weighted by molar-refractivity contribution is 6.01. The van der Waals surface area contributed by atoms with Gasteiger partial charge in [0, 0.05) is 49.0 Å². The number of rotatable bonds is 12. The van der Waals surface area contributed by atoms with Crippen LogP contribution in [0.5, 0.6) is 0 Å². The highest BCUT2D eigenvalue weighted by Crippen LogP contribution is 2.30. The van der Waals surface area contributed by atoms with Gasteiger partial charge >= 0.3 is 0 Å². The molecule has 0 radical (unpaired) electrons. The van der Waals surface area contributed by atoms with Crippen molar-refractivity contribution in [2.24, 2.45) is 11.7 Å². The quantitative estimate of drug-likeness (QED) is 0.0807. The predicted octanol–water partition coefficient (Wildman–Crippen LogP) is 7.44. The number of ketones is 1. The summed E-state index contributed by atoms with van der Waals surface area (Å²) in [4.78, 5) is 46.7. The van der Waals surface area contributed by atoms with E-state index in [9.17, 15) is 14.4 Å². The second-order valence-electron chi connectivity index (χ2n) is 17.8. The summed E-state index contributed by atoms with van der Waals surface area (Å²) in [6, 6.07) is 19.9. The Balaban J connectivity index is 0.000000195. The molecular formula is C49H57N13O3. The first-order chi connectivity index (χ1) is 31.3. The Morgan fingerprint density at radius 3 is 1.49 bits per heavy atom. The first-order valence-electron chi connectivity index (χ1n) is 22.4. The molecule has 2 aliphatic carbocycles. The molecule has 2 aliphatic rings. The monoisotopic (exact) mass is 875 g/mol. The zero-order chi connectivity index (χ0) is 46.2. The fourth-order valence-corrected chi connectivity index (χ4v) is 8.63. The molecule has 16 nitrogen and oxygen atoms in total. The van der Waals surface area contributed by atoms with Gasteiger partial charge in [-0.05, 0) is 140 Å². The van der Waals surface area contributed by atoms with Gasteiger partial charge in [0.25, 0.3) is 11.8 Å². The van der Waals surface area contributed by atoms with E-state index in [1.54, 1.807) is 40.5 Å². The van der Waals surface area contributed by atoms with E-state index < -0.39 is 0 Å². The molecule has 6 aromatic heterocycles. The number of fused-ring (bicyclic) bond motifs is 2. The van der Waals surface area contributed by atoms with E-state index in [0.717, 1.165) is 79.5 Å². The highest BCUT2D eigenvalue weighted by Gasteiger charge is 2.26. The van der Waals surface area contributed by atoms with E-state index >= 15 is 0 Å². The number of amides is 2. The third-order valence-electron chi connectivity index (χ3n) is 11.8. The number of carbonyl (C=O) groups is 3. The van der Waals surface area contributed by atoms with Crippen molar-refractivity contribution in [2.75, 3.05) is 10.6 Å². The van der Waals surface area contributed by atoms with Gasteiger partial charge in [-0.1, -0.05) is 0 Å². The fraction of sp³-hybridized carbons (Fsp3) is 0.408. The highest BCUT2D eigenvalue weighted by atomic mass is 16.2. The summed E-state index contributed by atoms with van der Waals surface area (Å²) in [6.45, 7) is 9.75. The van der Waals surface area contributed by atoms with E-state index in [1.807, 2.05) is 64.1 Å². The summed E-state index contributed by atoms with van der Waals surface area (Å²) < 4.78 is 3.48. The molecule has 8 rings (SSSR count). The lowest BCUT2D eigenvalue weighted by Gasteiger charge is -2.29. The van der Waals surface area contributed by atoms with Crippen LogP contribution in [0, 0.1) is 28.6 Å². The minimum absolute atomic E-state index is 0.107. The molecule has 2 saturated carbocycles. The molecule has 0 saturated heterocycles. The molecule has 0 spiro atoms. The molecule has 6 N–H and O–H groups in total. The maximum Gasteiger partial charge on any atom is 0.255 e. The van der Waals surface area contributed by atoms with Crippen LogP contribution >= 0.6 is 0 Å². The third-order valence-corrected chi connectivity index (χ3v) is 11.8. The lowest BCUT2D eigenvalue weighted by molar-refractivity contribution is -0.118. The third kappa shape index (κ3) is 11.3. The average molecular weight is 876 g/mol. The summed E-state index contributed by atoms with van der Waals surface area (Å²) in [5, 5.41) is 40.0. The Hall–Kier alpha value is -7.17. The zero-order valence-corrected chi connectivity index (χ0v) is 37.6. The minimum Gasteiger partial charge on any atom is -0.382 e. The number of Topliss-reactive ketones (excluding diaryl/α,β-unsaturated/α-hetero) is 1. The van der Waals surface area contributed by atoms with Crippen LogP contribution in [0.4, 0.5) is 11.4 Å². The van der Waals surface area contributed by atoms with Crippen molar-refractivity contribution in [3.63, 3.8) is 0 Å². The van der Waals surface area contributed by atoms with Crippen LogP contribution in [-0.2, 0) is 4.79 Å². The number of carbonyl (C=O) groups excluding carboxylic acids is 3. The van der Waals surface area contributed by atoms with Crippen molar-refractivity contribution in [1.82, 2.24) is 39.8 Å². The van der Waals surface area contributed by atoms with Crippen molar-refractivity contribution in [3.05, 3.63) is 95.6 Å². The number of nitrogens with one attached hydrogen (secondary N) is 4. The van der Waals surface area contributed by atoms with Gasteiger partial charge in [0.15, 0.2) is 0 Å².